The Morgan fingerprint density at radius 3 is 2.74 bits per heavy atom. The van der Waals surface area contributed by atoms with E-state index in [1.165, 1.54) is 18.2 Å². The van der Waals surface area contributed by atoms with E-state index in [9.17, 15) is 9.65 Å². The van der Waals surface area contributed by atoms with Gasteiger partial charge in [0, 0.05) is 20.7 Å². The molecule has 0 aliphatic rings. The molecule has 2 nitrogen and oxygen atoms in total. The zero-order valence-electron chi connectivity index (χ0n) is 9.70. The highest BCUT2D eigenvalue weighted by molar-refractivity contribution is 9.10. The molecule has 0 aliphatic heterocycles. The summed E-state index contributed by atoms with van der Waals surface area (Å²) < 4.78 is 14.6. The second-order valence-electron chi connectivity index (χ2n) is 3.88. The molecule has 1 N–H and O–H groups in total. The first-order chi connectivity index (χ1) is 9.10. The minimum absolute atomic E-state index is 0.231. The van der Waals surface area contributed by atoms with Gasteiger partial charge in [0.15, 0.2) is 0 Å². The first-order valence-electron chi connectivity index (χ1n) is 5.47. The fourth-order valence-corrected chi connectivity index (χ4v) is 2.24. The molecular formula is C14H9BrClFN2. The van der Waals surface area contributed by atoms with Crippen molar-refractivity contribution in [1.29, 1.82) is 5.26 Å². The van der Waals surface area contributed by atoms with Crippen LogP contribution in [0.4, 0.5) is 10.1 Å². The zero-order valence-corrected chi connectivity index (χ0v) is 12.0. The van der Waals surface area contributed by atoms with E-state index in [0.717, 1.165) is 10.2 Å². The van der Waals surface area contributed by atoms with Gasteiger partial charge in [0.1, 0.15) is 11.9 Å². The first-order valence-corrected chi connectivity index (χ1v) is 6.64. The van der Waals surface area contributed by atoms with Gasteiger partial charge in [0.05, 0.1) is 6.07 Å². The van der Waals surface area contributed by atoms with Crippen molar-refractivity contribution in [3.05, 3.63) is 63.3 Å². The molecule has 0 aliphatic carbocycles. The fraction of sp³-hybridized carbons (Fsp3) is 0.0714. The van der Waals surface area contributed by atoms with Gasteiger partial charge in [-0.25, -0.2) is 4.39 Å². The van der Waals surface area contributed by atoms with Crippen molar-refractivity contribution in [2.24, 2.45) is 0 Å². The van der Waals surface area contributed by atoms with E-state index in [4.69, 9.17) is 11.6 Å². The third kappa shape index (κ3) is 3.46. The van der Waals surface area contributed by atoms with E-state index in [1.54, 1.807) is 6.07 Å². The van der Waals surface area contributed by atoms with Gasteiger partial charge in [-0.15, -0.1) is 0 Å². The maximum atomic E-state index is 13.7. The summed E-state index contributed by atoms with van der Waals surface area (Å²) in [6, 6.07) is 12.7. The van der Waals surface area contributed by atoms with Gasteiger partial charge in [-0.05, 0) is 36.4 Å². The molecule has 96 valence electrons. The number of halogens is 3. The highest BCUT2D eigenvalue weighted by Crippen LogP contribution is 2.25. The quantitative estimate of drug-likeness (QED) is 0.861. The SMILES string of the molecule is N#CC(Nc1cccc(Br)c1)c1cc(Cl)ccc1F. The third-order valence-electron chi connectivity index (χ3n) is 2.53. The van der Waals surface area contributed by atoms with Crippen LogP contribution >= 0.6 is 27.5 Å². The number of hydrogen-bond donors (Lipinski definition) is 1. The largest absolute Gasteiger partial charge is 0.366 e. The number of nitrogens with one attached hydrogen (secondary N) is 1. The van der Waals surface area contributed by atoms with Gasteiger partial charge < -0.3 is 5.32 Å². The number of hydrogen-bond acceptors (Lipinski definition) is 2. The average Bonchev–Trinajstić information content (AvgIpc) is 2.39. The zero-order chi connectivity index (χ0) is 13.8. The normalized spacial score (nSPS) is 11.7. The lowest BCUT2D eigenvalue weighted by atomic mass is 10.1. The van der Waals surface area contributed by atoms with Crippen LogP contribution in [0.1, 0.15) is 11.6 Å². The smallest absolute Gasteiger partial charge is 0.143 e. The first kappa shape index (κ1) is 13.9. The van der Waals surface area contributed by atoms with Gasteiger partial charge in [-0.3, -0.25) is 0 Å². The van der Waals surface area contributed by atoms with Crippen molar-refractivity contribution >= 4 is 33.2 Å². The molecule has 0 heterocycles. The summed E-state index contributed by atoms with van der Waals surface area (Å²) in [4.78, 5) is 0. The molecule has 1 atom stereocenters. The molecule has 0 saturated heterocycles. The fourth-order valence-electron chi connectivity index (χ4n) is 1.66. The number of nitrogens with zero attached hydrogens (tertiary/aromatic N) is 1. The van der Waals surface area contributed by atoms with Crippen LogP contribution in [0.5, 0.6) is 0 Å². The van der Waals surface area contributed by atoms with E-state index in [1.807, 2.05) is 24.3 Å². The molecule has 0 radical (unpaired) electrons. The van der Waals surface area contributed by atoms with Gasteiger partial charge in [0.25, 0.3) is 0 Å². The molecule has 0 saturated carbocycles. The van der Waals surface area contributed by atoms with Crippen molar-refractivity contribution in [2.75, 3.05) is 5.32 Å². The summed E-state index contributed by atoms with van der Waals surface area (Å²) in [5.41, 5.74) is 0.954. The molecule has 0 amide bonds. The summed E-state index contributed by atoms with van der Waals surface area (Å²) >= 11 is 9.17. The van der Waals surface area contributed by atoms with Gasteiger partial charge >= 0.3 is 0 Å². The van der Waals surface area contributed by atoms with E-state index in [2.05, 4.69) is 21.2 Å². The number of rotatable bonds is 3. The second-order valence-corrected chi connectivity index (χ2v) is 5.23. The van der Waals surface area contributed by atoms with Crippen LogP contribution in [0.15, 0.2) is 46.9 Å². The molecular weight excluding hydrogens is 331 g/mol. The van der Waals surface area contributed by atoms with Crippen molar-refractivity contribution < 1.29 is 4.39 Å². The van der Waals surface area contributed by atoms with Crippen LogP contribution in [0.3, 0.4) is 0 Å². The summed E-state index contributed by atoms with van der Waals surface area (Å²) in [6.07, 6.45) is 0. The maximum Gasteiger partial charge on any atom is 0.143 e. The molecule has 0 aromatic heterocycles. The molecule has 0 bridgehead atoms. The Morgan fingerprint density at radius 2 is 2.05 bits per heavy atom. The molecule has 0 spiro atoms. The maximum absolute atomic E-state index is 13.7. The lowest BCUT2D eigenvalue weighted by molar-refractivity contribution is 0.607. The predicted octanol–water partition coefficient (Wildman–Crippen LogP) is 4.92. The van der Waals surface area contributed by atoms with E-state index < -0.39 is 11.9 Å². The van der Waals surface area contributed by atoms with Crippen LogP contribution < -0.4 is 5.32 Å². The second kappa shape index (κ2) is 6.05. The van der Waals surface area contributed by atoms with Crippen LogP contribution in [-0.4, -0.2) is 0 Å². The molecule has 2 aromatic rings. The number of anilines is 1. The molecule has 5 heteroatoms. The van der Waals surface area contributed by atoms with Gasteiger partial charge in [-0.2, -0.15) is 5.26 Å². The van der Waals surface area contributed by atoms with Gasteiger partial charge in [-0.1, -0.05) is 33.6 Å². The lowest BCUT2D eigenvalue weighted by Crippen LogP contribution is -2.10. The molecule has 2 rings (SSSR count). The van der Waals surface area contributed by atoms with E-state index in [-0.39, 0.29) is 5.56 Å². The summed E-state index contributed by atoms with van der Waals surface area (Å²) in [6.45, 7) is 0. The molecule has 1 unspecified atom stereocenters. The Bertz CT molecular complexity index is 640. The Hall–Kier alpha value is -1.57. The summed E-state index contributed by atoms with van der Waals surface area (Å²) in [5, 5.41) is 12.6. The monoisotopic (exact) mass is 338 g/mol. The highest BCUT2D eigenvalue weighted by Gasteiger charge is 2.15. The lowest BCUT2D eigenvalue weighted by Gasteiger charge is -2.14. The van der Waals surface area contributed by atoms with E-state index in [0.29, 0.717) is 5.02 Å². The molecule has 19 heavy (non-hydrogen) atoms. The third-order valence-corrected chi connectivity index (χ3v) is 3.26. The van der Waals surface area contributed by atoms with Crippen LogP contribution in [0.2, 0.25) is 5.02 Å². The van der Waals surface area contributed by atoms with Crippen molar-refractivity contribution in [2.45, 2.75) is 6.04 Å². The Balaban J connectivity index is 2.31. The highest BCUT2D eigenvalue weighted by atomic mass is 79.9. The van der Waals surface area contributed by atoms with Crippen molar-refractivity contribution in [3.63, 3.8) is 0 Å². The van der Waals surface area contributed by atoms with Crippen molar-refractivity contribution in [3.8, 4) is 6.07 Å². The van der Waals surface area contributed by atoms with Gasteiger partial charge in [0.2, 0.25) is 0 Å². The molecule has 0 fully saturated rings. The minimum Gasteiger partial charge on any atom is -0.366 e. The van der Waals surface area contributed by atoms with Crippen LogP contribution in [0.25, 0.3) is 0 Å². The topological polar surface area (TPSA) is 35.8 Å². The minimum atomic E-state index is -0.798. The van der Waals surface area contributed by atoms with Crippen LogP contribution in [-0.2, 0) is 0 Å². The van der Waals surface area contributed by atoms with Crippen molar-refractivity contribution in [1.82, 2.24) is 0 Å². The number of benzene rings is 2. The predicted molar refractivity (Wildman–Crippen MR) is 77.5 cm³/mol. The Kier molecular flexibility index (Phi) is 4.41. The Labute approximate surface area is 123 Å². The summed E-state index contributed by atoms with van der Waals surface area (Å²) in [5.74, 6) is -0.460. The average molecular weight is 340 g/mol. The number of nitriles is 1. The summed E-state index contributed by atoms with van der Waals surface area (Å²) in [7, 11) is 0. The van der Waals surface area contributed by atoms with E-state index >= 15 is 0 Å². The van der Waals surface area contributed by atoms with Crippen LogP contribution in [0, 0.1) is 17.1 Å². The Morgan fingerprint density at radius 1 is 1.26 bits per heavy atom. The standard InChI is InChI=1S/C14H9BrClFN2/c15-9-2-1-3-11(6-9)19-14(8-18)12-7-10(16)4-5-13(12)17/h1-7,14,19H. The molecule has 2 aromatic carbocycles.